The van der Waals surface area contributed by atoms with Gasteiger partial charge in [0.1, 0.15) is 17.2 Å². The van der Waals surface area contributed by atoms with E-state index in [-0.39, 0.29) is 10.8 Å². The number of carbonyl (C=O) groups excluding carboxylic acids is 1. The van der Waals surface area contributed by atoms with Crippen molar-refractivity contribution in [2.24, 2.45) is 12.8 Å². The number of nitrogens with two attached hydrogens (primary N) is 1. The monoisotopic (exact) mass is 335 g/mol. The fourth-order valence-electron chi connectivity index (χ4n) is 2.01. The van der Waals surface area contributed by atoms with Crippen LogP contribution in [0.5, 0.6) is 11.5 Å². The summed E-state index contributed by atoms with van der Waals surface area (Å²) in [7, 11) is 4.74. The predicted octanol–water partition coefficient (Wildman–Crippen LogP) is 1.35. The highest BCUT2D eigenvalue weighted by Crippen LogP contribution is 2.29. The van der Waals surface area contributed by atoms with Crippen LogP contribution in [0.3, 0.4) is 0 Å². The minimum absolute atomic E-state index is 0.228. The maximum atomic E-state index is 11.4. The molecule has 1 aromatic heterocycles. The number of amides is 1. The Kier molecular flexibility index (Phi) is 5.02. The number of anilines is 2. The standard InChI is InChI=1S/C14H17N5O3S/c1-19-12(13(15)20)10(7-16-19)18-14(23)17-9-6-8(21-2)4-5-11(9)22-3/h4-7H,1-3H3,(H2,15,20)(H2,17,18,23). The van der Waals surface area contributed by atoms with Crippen molar-refractivity contribution >= 4 is 34.6 Å². The minimum Gasteiger partial charge on any atom is -0.497 e. The molecule has 0 bridgehead atoms. The molecule has 0 unspecified atom stereocenters. The highest BCUT2D eigenvalue weighted by molar-refractivity contribution is 7.80. The maximum absolute atomic E-state index is 11.4. The van der Waals surface area contributed by atoms with Gasteiger partial charge in [-0.05, 0) is 24.4 Å². The fourth-order valence-corrected chi connectivity index (χ4v) is 2.23. The van der Waals surface area contributed by atoms with E-state index >= 15 is 0 Å². The van der Waals surface area contributed by atoms with Crippen LogP contribution in [0.15, 0.2) is 24.4 Å². The molecular formula is C14H17N5O3S. The van der Waals surface area contributed by atoms with Crippen LogP contribution in [0.1, 0.15) is 10.5 Å². The molecule has 0 atom stereocenters. The Labute approximate surface area is 138 Å². The number of nitrogens with zero attached hydrogens (tertiary/aromatic N) is 2. The smallest absolute Gasteiger partial charge is 0.269 e. The molecule has 0 saturated heterocycles. The number of benzene rings is 1. The second kappa shape index (κ2) is 6.97. The number of aromatic nitrogens is 2. The molecular weight excluding hydrogens is 318 g/mol. The fraction of sp³-hybridized carbons (Fsp3) is 0.214. The van der Waals surface area contributed by atoms with Gasteiger partial charge >= 0.3 is 0 Å². The van der Waals surface area contributed by atoms with Crippen molar-refractivity contribution in [2.45, 2.75) is 0 Å². The zero-order chi connectivity index (χ0) is 17.0. The number of hydrogen-bond donors (Lipinski definition) is 3. The normalized spacial score (nSPS) is 10.0. The van der Waals surface area contributed by atoms with Crippen molar-refractivity contribution in [3.63, 3.8) is 0 Å². The number of hydrogen-bond acceptors (Lipinski definition) is 5. The van der Waals surface area contributed by atoms with Crippen LogP contribution in [-0.4, -0.2) is 35.0 Å². The third kappa shape index (κ3) is 3.69. The number of nitrogens with one attached hydrogen (secondary N) is 2. The Hall–Kier alpha value is -2.81. The van der Waals surface area contributed by atoms with Crippen molar-refractivity contribution in [3.8, 4) is 11.5 Å². The number of ether oxygens (including phenoxy) is 2. The lowest BCUT2D eigenvalue weighted by Gasteiger charge is -2.14. The molecule has 1 heterocycles. The molecule has 9 heteroatoms. The van der Waals surface area contributed by atoms with Crippen LogP contribution in [0.2, 0.25) is 0 Å². The number of primary amides is 1. The lowest BCUT2D eigenvalue weighted by Crippen LogP contribution is -2.23. The van der Waals surface area contributed by atoms with Crippen LogP contribution in [-0.2, 0) is 7.05 Å². The maximum Gasteiger partial charge on any atom is 0.269 e. The van der Waals surface area contributed by atoms with E-state index in [2.05, 4.69) is 15.7 Å². The van der Waals surface area contributed by atoms with E-state index in [1.807, 2.05) is 0 Å². The van der Waals surface area contributed by atoms with Gasteiger partial charge in [-0.25, -0.2) is 0 Å². The van der Waals surface area contributed by atoms with Gasteiger partial charge in [0.05, 0.1) is 31.8 Å². The second-order valence-electron chi connectivity index (χ2n) is 4.54. The number of thiocarbonyl (C=S) groups is 1. The van der Waals surface area contributed by atoms with E-state index in [1.165, 1.54) is 10.9 Å². The molecule has 2 rings (SSSR count). The molecule has 0 spiro atoms. The summed E-state index contributed by atoms with van der Waals surface area (Å²) in [5.74, 6) is 0.640. The molecule has 2 aromatic rings. The van der Waals surface area contributed by atoms with Gasteiger partial charge in [0.15, 0.2) is 5.11 Å². The lowest BCUT2D eigenvalue weighted by molar-refractivity contribution is 0.0992. The molecule has 0 fully saturated rings. The van der Waals surface area contributed by atoms with Crippen LogP contribution in [0, 0.1) is 0 Å². The highest BCUT2D eigenvalue weighted by Gasteiger charge is 2.15. The quantitative estimate of drug-likeness (QED) is 0.709. The molecule has 0 radical (unpaired) electrons. The number of methoxy groups -OCH3 is 2. The summed E-state index contributed by atoms with van der Waals surface area (Å²) in [6.07, 6.45) is 1.47. The van der Waals surface area contributed by atoms with Gasteiger partial charge in [0, 0.05) is 13.1 Å². The first-order valence-electron chi connectivity index (χ1n) is 6.58. The van der Waals surface area contributed by atoms with Crippen LogP contribution in [0.4, 0.5) is 11.4 Å². The topological polar surface area (TPSA) is 103 Å². The van der Waals surface area contributed by atoms with Gasteiger partial charge in [0.25, 0.3) is 5.91 Å². The number of carbonyl (C=O) groups is 1. The minimum atomic E-state index is -0.603. The number of rotatable bonds is 5. The first-order chi connectivity index (χ1) is 11.0. The van der Waals surface area contributed by atoms with E-state index in [4.69, 9.17) is 27.4 Å². The van der Waals surface area contributed by atoms with Crippen molar-refractivity contribution in [1.82, 2.24) is 9.78 Å². The Morgan fingerprint density at radius 2 is 1.96 bits per heavy atom. The van der Waals surface area contributed by atoms with E-state index in [1.54, 1.807) is 39.5 Å². The van der Waals surface area contributed by atoms with Gasteiger partial charge in [-0.15, -0.1) is 0 Å². The summed E-state index contributed by atoms with van der Waals surface area (Å²) >= 11 is 5.25. The Morgan fingerprint density at radius 1 is 1.26 bits per heavy atom. The molecule has 23 heavy (non-hydrogen) atoms. The molecule has 0 saturated carbocycles. The van der Waals surface area contributed by atoms with E-state index in [9.17, 15) is 4.79 Å². The molecule has 1 amide bonds. The van der Waals surface area contributed by atoms with Gasteiger partial charge in [0.2, 0.25) is 0 Å². The van der Waals surface area contributed by atoms with E-state index in [0.717, 1.165) is 0 Å². The molecule has 0 aliphatic carbocycles. The zero-order valence-corrected chi connectivity index (χ0v) is 13.7. The van der Waals surface area contributed by atoms with Crippen molar-refractivity contribution in [2.75, 3.05) is 24.9 Å². The molecule has 122 valence electrons. The van der Waals surface area contributed by atoms with Crippen molar-refractivity contribution in [3.05, 3.63) is 30.1 Å². The summed E-state index contributed by atoms with van der Waals surface area (Å²) in [6.45, 7) is 0. The third-order valence-corrected chi connectivity index (χ3v) is 3.28. The Balaban J connectivity index is 2.19. The van der Waals surface area contributed by atoms with Gasteiger partial charge < -0.3 is 25.8 Å². The third-order valence-electron chi connectivity index (χ3n) is 3.08. The van der Waals surface area contributed by atoms with Crippen molar-refractivity contribution < 1.29 is 14.3 Å². The zero-order valence-electron chi connectivity index (χ0n) is 12.9. The summed E-state index contributed by atoms with van der Waals surface area (Å²) in [4.78, 5) is 11.4. The first kappa shape index (κ1) is 16.6. The SMILES string of the molecule is COc1ccc(OC)c(NC(=S)Nc2cnn(C)c2C(N)=O)c1. The first-order valence-corrected chi connectivity index (χ1v) is 6.99. The summed E-state index contributed by atoms with van der Waals surface area (Å²) in [6, 6.07) is 5.26. The number of aryl methyl sites for hydroxylation is 1. The Morgan fingerprint density at radius 3 is 2.57 bits per heavy atom. The van der Waals surface area contributed by atoms with E-state index < -0.39 is 5.91 Å². The summed E-state index contributed by atoms with van der Waals surface area (Å²) < 4.78 is 11.8. The van der Waals surface area contributed by atoms with Crippen molar-refractivity contribution in [1.29, 1.82) is 0 Å². The molecule has 0 aliphatic heterocycles. The molecule has 0 aliphatic rings. The molecule has 1 aromatic carbocycles. The Bertz CT molecular complexity index is 744. The van der Waals surface area contributed by atoms with Gasteiger partial charge in [-0.2, -0.15) is 5.10 Å². The summed E-state index contributed by atoms with van der Waals surface area (Å²) in [5, 5.41) is 10.1. The van der Waals surface area contributed by atoms with Gasteiger partial charge in [-0.1, -0.05) is 0 Å². The largest absolute Gasteiger partial charge is 0.497 e. The highest BCUT2D eigenvalue weighted by atomic mass is 32.1. The van der Waals surface area contributed by atoms with Crippen LogP contribution < -0.4 is 25.8 Å². The molecule has 4 N–H and O–H groups in total. The van der Waals surface area contributed by atoms with E-state index in [0.29, 0.717) is 22.9 Å². The van der Waals surface area contributed by atoms with Gasteiger partial charge in [-0.3, -0.25) is 9.48 Å². The van der Waals surface area contributed by atoms with Crippen LogP contribution in [0.25, 0.3) is 0 Å². The lowest BCUT2D eigenvalue weighted by atomic mass is 10.2. The predicted molar refractivity (Wildman–Crippen MR) is 91.1 cm³/mol. The average Bonchev–Trinajstić information content (AvgIpc) is 2.87. The van der Waals surface area contributed by atoms with Crippen LogP contribution >= 0.6 is 12.2 Å². The average molecular weight is 335 g/mol. The summed E-state index contributed by atoms with van der Waals surface area (Å²) in [5.41, 5.74) is 6.60. The molecule has 8 nitrogen and oxygen atoms in total. The second-order valence-corrected chi connectivity index (χ2v) is 4.95.